The number of guanidine groups is 1. The summed E-state index contributed by atoms with van der Waals surface area (Å²) in [5.41, 5.74) is 7.92. The molecule has 0 atom stereocenters. The van der Waals surface area contributed by atoms with Gasteiger partial charge in [0.1, 0.15) is 0 Å². The lowest BCUT2D eigenvalue weighted by Crippen LogP contribution is -2.23. The van der Waals surface area contributed by atoms with Crippen LogP contribution >= 0.6 is 27.3 Å². The van der Waals surface area contributed by atoms with E-state index in [1.165, 1.54) is 4.88 Å². The number of benzene rings is 1. The van der Waals surface area contributed by atoms with Crippen LogP contribution in [0.1, 0.15) is 10.4 Å². The molecule has 0 spiro atoms. The summed E-state index contributed by atoms with van der Waals surface area (Å²) in [4.78, 5) is 5.65. The van der Waals surface area contributed by atoms with Crippen LogP contribution in [0, 0.1) is 0 Å². The van der Waals surface area contributed by atoms with Gasteiger partial charge in [-0.3, -0.25) is 4.99 Å². The number of thiophene rings is 1. The first-order valence-electron chi connectivity index (χ1n) is 6.57. The molecule has 0 amide bonds. The molecule has 0 radical (unpaired) electrons. The lowest BCUT2D eigenvalue weighted by Gasteiger charge is -2.10. The van der Waals surface area contributed by atoms with E-state index < -0.39 is 0 Å². The van der Waals surface area contributed by atoms with Crippen molar-refractivity contribution in [1.29, 1.82) is 0 Å². The molecular formula is C15H18BrN3OS. The monoisotopic (exact) mass is 367 g/mol. The van der Waals surface area contributed by atoms with Crippen molar-refractivity contribution in [2.24, 2.45) is 10.7 Å². The molecule has 0 aliphatic heterocycles. The number of nitrogens with two attached hydrogens (primary N) is 1. The second-order valence-corrected chi connectivity index (χ2v) is 6.99. The van der Waals surface area contributed by atoms with Crippen LogP contribution in [0.3, 0.4) is 0 Å². The zero-order valence-electron chi connectivity index (χ0n) is 11.8. The molecule has 0 aliphatic rings. The third kappa shape index (κ3) is 5.15. The van der Waals surface area contributed by atoms with E-state index in [1.54, 1.807) is 18.4 Å². The molecule has 112 valence electrons. The SMILES string of the molecule is COCc1ccccc1NC(N)=NCCc1ccc(Br)s1. The molecule has 21 heavy (non-hydrogen) atoms. The number of hydrogen-bond acceptors (Lipinski definition) is 3. The number of nitrogens with one attached hydrogen (secondary N) is 1. The molecule has 2 rings (SSSR count). The highest BCUT2D eigenvalue weighted by Crippen LogP contribution is 2.22. The number of nitrogens with zero attached hydrogens (tertiary/aromatic N) is 1. The van der Waals surface area contributed by atoms with E-state index in [-0.39, 0.29) is 0 Å². The molecule has 0 aliphatic carbocycles. The Balaban J connectivity index is 1.91. The first-order valence-corrected chi connectivity index (χ1v) is 8.18. The van der Waals surface area contributed by atoms with Gasteiger partial charge in [0.25, 0.3) is 0 Å². The van der Waals surface area contributed by atoms with Crippen LogP contribution in [-0.2, 0) is 17.8 Å². The highest BCUT2D eigenvalue weighted by molar-refractivity contribution is 9.11. The zero-order chi connectivity index (χ0) is 15.1. The Morgan fingerprint density at radius 3 is 2.86 bits per heavy atom. The second kappa shape index (κ2) is 8.17. The van der Waals surface area contributed by atoms with E-state index in [2.05, 4.69) is 32.3 Å². The van der Waals surface area contributed by atoms with Gasteiger partial charge in [-0.25, -0.2) is 0 Å². The van der Waals surface area contributed by atoms with Crippen molar-refractivity contribution in [3.05, 3.63) is 50.6 Å². The molecule has 1 aromatic heterocycles. The van der Waals surface area contributed by atoms with Crippen LogP contribution in [0.25, 0.3) is 0 Å². The average Bonchev–Trinajstić information content (AvgIpc) is 2.87. The quantitative estimate of drug-likeness (QED) is 0.605. The number of para-hydroxylation sites is 1. The molecule has 0 saturated heterocycles. The summed E-state index contributed by atoms with van der Waals surface area (Å²) in [5, 5.41) is 3.13. The van der Waals surface area contributed by atoms with Gasteiger partial charge < -0.3 is 15.8 Å². The molecular weight excluding hydrogens is 350 g/mol. The lowest BCUT2D eigenvalue weighted by atomic mass is 10.2. The van der Waals surface area contributed by atoms with E-state index in [9.17, 15) is 0 Å². The normalized spacial score (nSPS) is 11.6. The van der Waals surface area contributed by atoms with Crippen LogP contribution in [0.4, 0.5) is 5.69 Å². The summed E-state index contributed by atoms with van der Waals surface area (Å²) >= 11 is 5.18. The van der Waals surface area contributed by atoms with Crippen LogP contribution in [0.2, 0.25) is 0 Å². The van der Waals surface area contributed by atoms with Gasteiger partial charge in [0, 0.05) is 36.2 Å². The van der Waals surface area contributed by atoms with Crippen molar-refractivity contribution in [2.75, 3.05) is 19.0 Å². The predicted octanol–water partition coefficient (Wildman–Crippen LogP) is 3.63. The topological polar surface area (TPSA) is 59.6 Å². The molecule has 0 saturated carbocycles. The van der Waals surface area contributed by atoms with Crippen molar-refractivity contribution in [3.63, 3.8) is 0 Å². The van der Waals surface area contributed by atoms with Crippen LogP contribution in [0.5, 0.6) is 0 Å². The van der Waals surface area contributed by atoms with Gasteiger partial charge in [-0.05, 0) is 34.1 Å². The maximum absolute atomic E-state index is 5.93. The standard InChI is InChI=1S/C15H18BrN3OS/c1-20-10-11-4-2-3-5-13(11)19-15(17)18-9-8-12-6-7-14(16)21-12/h2-7H,8-10H2,1H3,(H3,17,18,19). The Labute approximate surface area is 137 Å². The smallest absolute Gasteiger partial charge is 0.193 e. The number of ether oxygens (including phenoxy) is 1. The van der Waals surface area contributed by atoms with E-state index in [0.29, 0.717) is 19.1 Å². The van der Waals surface area contributed by atoms with Gasteiger partial charge >= 0.3 is 0 Å². The summed E-state index contributed by atoms with van der Waals surface area (Å²) in [6.07, 6.45) is 0.887. The predicted molar refractivity (Wildman–Crippen MR) is 93.0 cm³/mol. The fourth-order valence-electron chi connectivity index (χ4n) is 1.87. The van der Waals surface area contributed by atoms with Gasteiger partial charge in [0.2, 0.25) is 0 Å². The van der Waals surface area contributed by atoms with Crippen LogP contribution in [0.15, 0.2) is 45.2 Å². The minimum absolute atomic E-state index is 0.425. The lowest BCUT2D eigenvalue weighted by molar-refractivity contribution is 0.185. The maximum atomic E-state index is 5.93. The Morgan fingerprint density at radius 1 is 1.33 bits per heavy atom. The number of rotatable bonds is 6. The zero-order valence-corrected chi connectivity index (χ0v) is 14.2. The summed E-state index contributed by atoms with van der Waals surface area (Å²) in [6.45, 7) is 1.21. The van der Waals surface area contributed by atoms with Crippen molar-refractivity contribution < 1.29 is 4.74 Å². The van der Waals surface area contributed by atoms with E-state index >= 15 is 0 Å². The molecule has 2 aromatic rings. The fourth-order valence-corrected chi connectivity index (χ4v) is 3.35. The van der Waals surface area contributed by atoms with Crippen molar-refractivity contribution in [1.82, 2.24) is 0 Å². The molecule has 0 unspecified atom stereocenters. The first-order chi connectivity index (χ1) is 10.2. The number of anilines is 1. The van der Waals surface area contributed by atoms with E-state index in [4.69, 9.17) is 10.5 Å². The Morgan fingerprint density at radius 2 is 2.14 bits per heavy atom. The van der Waals surface area contributed by atoms with Crippen molar-refractivity contribution in [3.8, 4) is 0 Å². The number of methoxy groups -OCH3 is 1. The molecule has 4 nitrogen and oxygen atoms in total. The summed E-state index contributed by atoms with van der Waals surface area (Å²) in [5.74, 6) is 0.425. The molecule has 6 heteroatoms. The minimum atomic E-state index is 0.425. The molecule has 1 heterocycles. The number of aliphatic imine (C=N–C) groups is 1. The molecule has 1 aromatic carbocycles. The van der Waals surface area contributed by atoms with Crippen LogP contribution < -0.4 is 11.1 Å². The summed E-state index contributed by atoms with van der Waals surface area (Å²) in [6, 6.07) is 12.0. The fraction of sp³-hybridized carbons (Fsp3) is 0.267. The van der Waals surface area contributed by atoms with Gasteiger partial charge in [0.15, 0.2) is 5.96 Å². The summed E-state index contributed by atoms with van der Waals surface area (Å²) < 4.78 is 6.31. The number of hydrogen-bond donors (Lipinski definition) is 2. The highest BCUT2D eigenvalue weighted by atomic mass is 79.9. The Bertz CT molecular complexity index is 612. The molecule has 0 bridgehead atoms. The third-order valence-electron chi connectivity index (χ3n) is 2.85. The second-order valence-electron chi connectivity index (χ2n) is 4.44. The minimum Gasteiger partial charge on any atom is -0.380 e. The third-order valence-corrected chi connectivity index (χ3v) is 4.53. The number of halogens is 1. The van der Waals surface area contributed by atoms with E-state index in [1.807, 2.05) is 30.3 Å². The Hall–Kier alpha value is -1.37. The van der Waals surface area contributed by atoms with Gasteiger partial charge in [-0.15, -0.1) is 11.3 Å². The maximum Gasteiger partial charge on any atom is 0.193 e. The largest absolute Gasteiger partial charge is 0.380 e. The average molecular weight is 368 g/mol. The summed E-state index contributed by atoms with van der Waals surface area (Å²) in [7, 11) is 1.67. The van der Waals surface area contributed by atoms with Crippen molar-refractivity contribution >= 4 is 38.9 Å². The van der Waals surface area contributed by atoms with Crippen LogP contribution in [-0.4, -0.2) is 19.6 Å². The van der Waals surface area contributed by atoms with E-state index in [0.717, 1.165) is 21.5 Å². The van der Waals surface area contributed by atoms with Crippen molar-refractivity contribution in [2.45, 2.75) is 13.0 Å². The molecule has 3 N–H and O–H groups in total. The van der Waals surface area contributed by atoms with Gasteiger partial charge in [-0.1, -0.05) is 18.2 Å². The molecule has 0 fully saturated rings. The van der Waals surface area contributed by atoms with Gasteiger partial charge in [-0.2, -0.15) is 0 Å². The van der Waals surface area contributed by atoms with Gasteiger partial charge in [0.05, 0.1) is 10.4 Å². The first kappa shape index (κ1) is 16.0. The highest BCUT2D eigenvalue weighted by Gasteiger charge is 2.02. The Kier molecular flexibility index (Phi) is 6.22.